The number of hydrogen-bond donors (Lipinski definition) is 0. The van der Waals surface area contributed by atoms with Crippen molar-refractivity contribution >= 4 is 21.7 Å². The van der Waals surface area contributed by atoms with Crippen LogP contribution in [0, 0.1) is 17.6 Å². The Morgan fingerprint density at radius 2 is 1.80 bits per heavy atom. The average molecular weight is 339 g/mol. The zero-order chi connectivity index (χ0) is 14.7. The molecule has 0 saturated heterocycles. The lowest BCUT2D eigenvalue weighted by atomic mass is 9.92. The molecule has 2 aromatic carbocycles. The van der Waals surface area contributed by atoms with E-state index in [1.807, 2.05) is 6.07 Å². The van der Waals surface area contributed by atoms with Gasteiger partial charge in [-0.05, 0) is 34.5 Å². The van der Waals surface area contributed by atoms with Gasteiger partial charge in [0.15, 0.2) is 5.78 Å². The highest BCUT2D eigenvalue weighted by molar-refractivity contribution is 9.10. The Labute approximate surface area is 124 Å². The molecule has 20 heavy (non-hydrogen) atoms. The van der Waals surface area contributed by atoms with Gasteiger partial charge in [0, 0.05) is 17.0 Å². The highest BCUT2D eigenvalue weighted by Crippen LogP contribution is 2.25. The summed E-state index contributed by atoms with van der Waals surface area (Å²) in [4.78, 5) is 12.2. The quantitative estimate of drug-likeness (QED) is 0.578. The first kappa shape index (κ1) is 14.9. The number of hydrogen-bond acceptors (Lipinski definition) is 1. The third-order valence-corrected chi connectivity index (χ3v) is 3.77. The minimum atomic E-state index is -0.641. The molecule has 0 saturated carbocycles. The van der Waals surface area contributed by atoms with Gasteiger partial charge < -0.3 is 0 Å². The van der Waals surface area contributed by atoms with Crippen molar-refractivity contribution in [2.24, 2.45) is 5.92 Å². The molecule has 104 valence electrons. The number of carbonyl (C=O) groups is 1. The number of carbonyl (C=O) groups excluding carboxylic acids is 1. The normalized spacial score (nSPS) is 12.2. The van der Waals surface area contributed by atoms with Crippen LogP contribution in [0.4, 0.5) is 8.78 Å². The van der Waals surface area contributed by atoms with Gasteiger partial charge in [0.25, 0.3) is 0 Å². The highest BCUT2D eigenvalue weighted by Gasteiger charge is 2.20. The number of Topliss-reactive ketones (excluding diaryl/α,β-unsaturated/α-hetero) is 1. The Morgan fingerprint density at radius 3 is 2.45 bits per heavy atom. The van der Waals surface area contributed by atoms with E-state index in [1.165, 1.54) is 12.1 Å². The molecule has 2 rings (SSSR count). The zero-order valence-corrected chi connectivity index (χ0v) is 12.5. The third-order valence-electron chi connectivity index (χ3n) is 3.16. The highest BCUT2D eigenvalue weighted by atomic mass is 79.9. The first-order valence-corrected chi connectivity index (χ1v) is 7.01. The fourth-order valence-electron chi connectivity index (χ4n) is 2.04. The van der Waals surface area contributed by atoms with Crippen molar-refractivity contribution in [3.63, 3.8) is 0 Å². The van der Waals surface area contributed by atoms with E-state index in [2.05, 4.69) is 15.9 Å². The monoisotopic (exact) mass is 338 g/mol. The molecule has 0 N–H and O–H groups in total. The summed E-state index contributed by atoms with van der Waals surface area (Å²) >= 11 is 3.03. The van der Waals surface area contributed by atoms with Crippen molar-refractivity contribution in [3.8, 4) is 0 Å². The first-order chi connectivity index (χ1) is 9.50. The van der Waals surface area contributed by atoms with Crippen LogP contribution in [0.5, 0.6) is 0 Å². The Bertz CT molecular complexity index is 626. The zero-order valence-electron chi connectivity index (χ0n) is 10.9. The Balaban J connectivity index is 2.23. The average Bonchev–Trinajstić information content (AvgIpc) is 2.47. The van der Waals surface area contributed by atoms with Gasteiger partial charge in [0.1, 0.15) is 11.6 Å². The summed E-state index contributed by atoms with van der Waals surface area (Å²) in [6.07, 6.45) is 0.0326. The van der Waals surface area contributed by atoms with Crippen LogP contribution in [-0.4, -0.2) is 5.78 Å². The summed E-state index contributed by atoms with van der Waals surface area (Å²) in [5.41, 5.74) is 0.493. The summed E-state index contributed by atoms with van der Waals surface area (Å²) < 4.78 is 27.8. The molecule has 0 spiro atoms. The summed E-state index contributed by atoms with van der Waals surface area (Å²) in [6.45, 7) is 1.68. The Kier molecular flexibility index (Phi) is 4.65. The van der Waals surface area contributed by atoms with Gasteiger partial charge in [-0.25, -0.2) is 8.78 Å². The van der Waals surface area contributed by atoms with Crippen molar-refractivity contribution < 1.29 is 13.6 Å². The lowest BCUT2D eigenvalue weighted by molar-refractivity contribution is 0.0928. The van der Waals surface area contributed by atoms with E-state index in [9.17, 15) is 13.6 Å². The van der Waals surface area contributed by atoms with Gasteiger partial charge in [0.05, 0.1) is 4.47 Å². The van der Waals surface area contributed by atoms with E-state index >= 15 is 0 Å². The van der Waals surface area contributed by atoms with Crippen molar-refractivity contribution in [1.82, 2.24) is 0 Å². The molecule has 1 unspecified atom stereocenters. The Hall–Kier alpha value is -1.55. The van der Waals surface area contributed by atoms with Gasteiger partial charge in [0.2, 0.25) is 0 Å². The molecular formula is C16H13BrF2O. The third kappa shape index (κ3) is 3.12. The first-order valence-electron chi connectivity index (χ1n) is 6.22. The van der Waals surface area contributed by atoms with Crippen molar-refractivity contribution in [2.45, 2.75) is 13.3 Å². The van der Waals surface area contributed by atoms with Crippen LogP contribution < -0.4 is 0 Å². The molecule has 0 aliphatic heterocycles. The second-order valence-electron chi connectivity index (χ2n) is 4.66. The van der Waals surface area contributed by atoms with Crippen LogP contribution in [0.15, 0.2) is 46.9 Å². The molecule has 0 amide bonds. The van der Waals surface area contributed by atoms with Crippen LogP contribution in [0.25, 0.3) is 0 Å². The van der Waals surface area contributed by atoms with Crippen LogP contribution in [0.1, 0.15) is 22.8 Å². The van der Waals surface area contributed by atoms with E-state index in [0.29, 0.717) is 5.56 Å². The molecule has 0 fully saturated rings. The van der Waals surface area contributed by atoms with E-state index in [-0.39, 0.29) is 22.2 Å². The lowest BCUT2D eigenvalue weighted by Crippen LogP contribution is -2.15. The molecule has 4 heteroatoms. The van der Waals surface area contributed by atoms with Gasteiger partial charge in [-0.3, -0.25) is 4.79 Å². The predicted molar refractivity (Wildman–Crippen MR) is 77.7 cm³/mol. The van der Waals surface area contributed by atoms with Crippen LogP contribution >= 0.6 is 15.9 Å². The van der Waals surface area contributed by atoms with E-state index in [1.54, 1.807) is 31.2 Å². The fourth-order valence-corrected chi connectivity index (χ4v) is 2.41. The van der Waals surface area contributed by atoms with E-state index < -0.39 is 17.6 Å². The van der Waals surface area contributed by atoms with Crippen molar-refractivity contribution in [2.75, 3.05) is 0 Å². The topological polar surface area (TPSA) is 17.1 Å². The molecule has 0 radical (unpaired) electrons. The summed E-state index contributed by atoms with van der Waals surface area (Å²) in [6, 6.07) is 11.3. The van der Waals surface area contributed by atoms with Crippen LogP contribution in [-0.2, 0) is 6.42 Å². The van der Waals surface area contributed by atoms with Gasteiger partial charge in [-0.1, -0.05) is 37.3 Å². The standard InChI is InChI=1S/C16H13BrF2O/c1-10(16(20)11-5-3-2-4-6-11)9-12-14(18)8-7-13(17)15(12)19/h2-8,10H,9H2,1H3. The number of benzene rings is 2. The van der Waals surface area contributed by atoms with E-state index in [0.717, 1.165) is 0 Å². The van der Waals surface area contributed by atoms with Crippen molar-refractivity contribution in [3.05, 3.63) is 69.7 Å². The number of ketones is 1. The molecule has 0 aliphatic carbocycles. The van der Waals surface area contributed by atoms with E-state index in [4.69, 9.17) is 0 Å². The van der Waals surface area contributed by atoms with Crippen molar-refractivity contribution in [1.29, 1.82) is 0 Å². The molecule has 0 aromatic heterocycles. The molecule has 2 aromatic rings. The minimum Gasteiger partial charge on any atom is -0.294 e. The maximum Gasteiger partial charge on any atom is 0.165 e. The fraction of sp³-hybridized carbons (Fsp3) is 0.188. The lowest BCUT2D eigenvalue weighted by Gasteiger charge is -2.12. The maximum atomic E-state index is 13.9. The summed E-state index contributed by atoms with van der Waals surface area (Å²) in [7, 11) is 0. The minimum absolute atomic E-state index is 0.0326. The summed E-state index contributed by atoms with van der Waals surface area (Å²) in [5, 5.41) is 0. The molecule has 0 heterocycles. The largest absolute Gasteiger partial charge is 0.294 e. The molecule has 1 atom stereocenters. The van der Waals surface area contributed by atoms with Crippen LogP contribution in [0.2, 0.25) is 0 Å². The Morgan fingerprint density at radius 1 is 1.15 bits per heavy atom. The molecule has 0 bridgehead atoms. The predicted octanol–water partition coefficient (Wildman–Crippen LogP) is 4.79. The number of halogens is 3. The molecular weight excluding hydrogens is 326 g/mol. The van der Waals surface area contributed by atoms with Gasteiger partial charge in [-0.2, -0.15) is 0 Å². The maximum absolute atomic E-state index is 13.9. The van der Waals surface area contributed by atoms with Crippen LogP contribution in [0.3, 0.4) is 0 Å². The molecule has 0 aliphatic rings. The second kappa shape index (κ2) is 6.27. The van der Waals surface area contributed by atoms with Gasteiger partial charge >= 0.3 is 0 Å². The summed E-state index contributed by atoms with van der Waals surface area (Å²) in [5.74, 6) is -1.88. The SMILES string of the molecule is CC(Cc1c(F)ccc(Br)c1F)C(=O)c1ccccc1. The second-order valence-corrected chi connectivity index (χ2v) is 5.51. The van der Waals surface area contributed by atoms with Gasteiger partial charge in [-0.15, -0.1) is 0 Å². The number of rotatable bonds is 4. The smallest absolute Gasteiger partial charge is 0.165 e. The molecule has 1 nitrogen and oxygen atoms in total.